The van der Waals surface area contributed by atoms with Crippen LogP contribution in [0.2, 0.25) is 0 Å². The first kappa shape index (κ1) is 20.3. The van der Waals surface area contributed by atoms with Crippen molar-refractivity contribution in [1.82, 2.24) is 0 Å². The van der Waals surface area contributed by atoms with Gasteiger partial charge in [-0.3, -0.25) is 15.5 Å². The van der Waals surface area contributed by atoms with Crippen LogP contribution in [-0.2, 0) is 0 Å². The SMILES string of the molecule is CC.CC.COc1ccc(C(=N)c2cccc([N+](=O)[O-])c2)cc1. The van der Waals surface area contributed by atoms with Gasteiger partial charge in [0.25, 0.3) is 5.69 Å². The van der Waals surface area contributed by atoms with Crippen LogP contribution in [0.15, 0.2) is 48.5 Å². The third-order valence-electron chi connectivity index (χ3n) is 2.72. The summed E-state index contributed by atoms with van der Waals surface area (Å²) < 4.78 is 5.05. The minimum Gasteiger partial charge on any atom is -0.497 e. The molecule has 2 aromatic carbocycles. The van der Waals surface area contributed by atoms with Crippen molar-refractivity contribution in [3.63, 3.8) is 0 Å². The fourth-order valence-corrected chi connectivity index (χ4v) is 1.70. The number of hydrogen-bond acceptors (Lipinski definition) is 4. The predicted octanol–water partition coefficient (Wildman–Crippen LogP) is 5.07. The molecule has 0 amide bonds. The van der Waals surface area contributed by atoms with Gasteiger partial charge in [-0.15, -0.1) is 0 Å². The van der Waals surface area contributed by atoms with E-state index in [1.54, 1.807) is 43.5 Å². The molecule has 0 aromatic heterocycles. The van der Waals surface area contributed by atoms with Crippen molar-refractivity contribution in [2.24, 2.45) is 0 Å². The second-order valence-electron chi connectivity index (χ2n) is 3.91. The van der Waals surface area contributed by atoms with Crippen LogP contribution in [0.3, 0.4) is 0 Å². The van der Waals surface area contributed by atoms with Crippen molar-refractivity contribution >= 4 is 11.4 Å². The zero-order valence-corrected chi connectivity index (χ0v) is 14.3. The lowest BCUT2D eigenvalue weighted by Gasteiger charge is -2.05. The van der Waals surface area contributed by atoms with Gasteiger partial charge in [0.2, 0.25) is 0 Å². The predicted molar refractivity (Wildman–Crippen MR) is 94.7 cm³/mol. The number of nitro groups is 1. The number of hydrogen-bond donors (Lipinski definition) is 1. The summed E-state index contributed by atoms with van der Waals surface area (Å²) in [7, 11) is 1.57. The largest absolute Gasteiger partial charge is 0.497 e. The van der Waals surface area contributed by atoms with Crippen molar-refractivity contribution in [3.05, 3.63) is 69.8 Å². The summed E-state index contributed by atoms with van der Waals surface area (Å²) in [5, 5.41) is 18.8. The third kappa shape index (κ3) is 5.90. The molecule has 2 rings (SSSR count). The van der Waals surface area contributed by atoms with Gasteiger partial charge in [-0.25, -0.2) is 0 Å². The number of benzene rings is 2. The molecule has 0 spiro atoms. The van der Waals surface area contributed by atoms with E-state index in [1.165, 1.54) is 12.1 Å². The highest BCUT2D eigenvalue weighted by Gasteiger charge is 2.10. The first-order valence-electron chi connectivity index (χ1n) is 7.59. The first-order valence-corrected chi connectivity index (χ1v) is 7.59. The van der Waals surface area contributed by atoms with Crippen LogP contribution in [-0.4, -0.2) is 17.7 Å². The van der Waals surface area contributed by atoms with Gasteiger partial charge in [-0.05, 0) is 24.3 Å². The maximum Gasteiger partial charge on any atom is 0.270 e. The zero-order chi connectivity index (χ0) is 17.8. The van der Waals surface area contributed by atoms with Crippen LogP contribution < -0.4 is 4.74 Å². The van der Waals surface area contributed by atoms with E-state index in [0.29, 0.717) is 16.9 Å². The van der Waals surface area contributed by atoms with Gasteiger partial charge in [0.1, 0.15) is 5.75 Å². The molecule has 0 radical (unpaired) electrons. The minimum absolute atomic E-state index is 0.0178. The Kier molecular flexibility index (Phi) is 9.67. The van der Waals surface area contributed by atoms with Gasteiger partial charge in [-0.1, -0.05) is 39.8 Å². The number of methoxy groups -OCH3 is 1. The van der Waals surface area contributed by atoms with E-state index < -0.39 is 4.92 Å². The molecule has 0 atom stereocenters. The highest BCUT2D eigenvalue weighted by molar-refractivity contribution is 6.11. The monoisotopic (exact) mass is 316 g/mol. The lowest BCUT2D eigenvalue weighted by Crippen LogP contribution is -2.02. The van der Waals surface area contributed by atoms with Crippen molar-refractivity contribution in [2.75, 3.05) is 7.11 Å². The zero-order valence-electron chi connectivity index (χ0n) is 14.3. The molecule has 0 bridgehead atoms. The molecule has 0 aliphatic rings. The van der Waals surface area contributed by atoms with E-state index >= 15 is 0 Å². The molecule has 0 aliphatic carbocycles. The van der Waals surface area contributed by atoms with E-state index in [2.05, 4.69) is 0 Å². The first-order chi connectivity index (χ1) is 11.1. The Balaban J connectivity index is 0.00000112. The van der Waals surface area contributed by atoms with E-state index in [1.807, 2.05) is 27.7 Å². The maximum absolute atomic E-state index is 10.7. The quantitative estimate of drug-likeness (QED) is 0.486. The molecule has 5 nitrogen and oxygen atoms in total. The van der Waals surface area contributed by atoms with Crippen molar-refractivity contribution in [1.29, 1.82) is 5.41 Å². The average Bonchev–Trinajstić information content (AvgIpc) is 2.64. The Labute approximate surface area is 137 Å². The summed E-state index contributed by atoms with van der Waals surface area (Å²) in [5.41, 5.74) is 1.42. The highest BCUT2D eigenvalue weighted by atomic mass is 16.6. The van der Waals surface area contributed by atoms with Gasteiger partial charge >= 0.3 is 0 Å². The lowest BCUT2D eigenvalue weighted by atomic mass is 10.0. The number of nitrogens with one attached hydrogen (secondary N) is 1. The average molecular weight is 316 g/mol. The molecule has 0 aliphatic heterocycles. The summed E-state index contributed by atoms with van der Waals surface area (Å²) in [6.07, 6.45) is 0. The second-order valence-corrected chi connectivity index (χ2v) is 3.91. The molecule has 0 heterocycles. The smallest absolute Gasteiger partial charge is 0.270 e. The number of non-ortho nitro benzene ring substituents is 1. The molecule has 0 saturated carbocycles. The summed E-state index contributed by atoms with van der Waals surface area (Å²) in [6.45, 7) is 8.00. The van der Waals surface area contributed by atoms with Gasteiger partial charge < -0.3 is 4.74 Å². The Morgan fingerprint density at radius 2 is 1.57 bits per heavy atom. The number of rotatable bonds is 4. The Morgan fingerprint density at radius 1 is 1.00 bits per heavy atom. The molecule has 0 fully saturated rings. The molecule has 5 heteroatoms. The van der Waals surface area contributed by atoms with E-state index in [4.69, 9.17) is 10.1 Å². The normalized spacial score (nSPS) is 8.74. The molecule has 0 unspecified atom stereocenters. The fourth-order valence-electron chi connectivity index (χ4n) is 1.70. The van der Waals surface area contributed by atoms with E-state index in [-0.39, 0.29) is 11.4 Å². The summed E-state index contributed by atoms with van der Waals surface area (Å²) in [6, 6.07) is 13.1. The second kappa shape index (κ2) is 11.0. The molecule has 124 valence electrons. The molecule has 0 saturated heterocycles. The molecule has 2 aromatic rings. The highest BCUT2D eigenvalue weighted by Crippen LogP contribution is 2.18. The van der Waals surface area contributed by atoms with Crippen LogP contribution in [0.25, 0.3) is 0 Å². The van der Waals surface area contributed by atoms with E-state index in [0.717, 1.165) is 0 Å². The van der Waals surface area contributed by atoms with Crippen molar-refractivity contribution in [3.8, 4) is 5.75 Å². The minimum atomic E-state index is -0.467. The maximum atomic E-state index is 10.7. The molecule has 23 heavy (non-hydrogen) atoms. The van der Waals surface area contributed by atoms with Crippen LogP contribution in [0.5, 0.6) is 5.75 Å². The molecule has 1 N–H and O–H groups in total. The van der Waals surface area contributed by atoms with Gasteiger partial charge in [0.05, 0.1) is 17.7 Å². The van der Waals surface area contributed by atoms with Gasteiger partial charge in [0.15, 0.2) is 0 Å². The summed E-state index contributed by atoms with van der Waals surface area (Å²) >= 11 is 0. The Morgan fingerprint density at radius 3 is 2.04 bits per heavy atom. The van der Waals surface area contributed by atoms with Gasteiger partial charge in [-0.2, -0.15) is 0 Å². The van der Waals surface area contributed by atoms with Gasteiger partial charge in [0, 0.05) is 23.3 Å². The topological polar surface area (TPSA) is 76.2 Å². The standard InChI is InChI=1S/C14H12N2O3.2C2H6/c1-19-13-7-5-10(6-8-13)14(15)11-3-2-4-12(9-11)16(17)18;2*1-2/h2-9,15H,1H3;2*1-2H3. The van der Waals surface area contributed by atoms with Crippen LogP contribution in [0, 0.1) is 15.5 Å². The Hall–Kier alpha value is -2.69. The fraction of sp³-hybridized carbons (Fsp3) is 0.278. The summed E-state index contributed by atoms with van der Waals surface area (Å²) in [5.74, 6) is 0.704. The van der Waals surface area contributed by atoms with Crippen molar-refractivity contribution < 1.29 is 9.66 Å². The van der Waals surface area contributed by atoms with Crippen LogP contribution >= 0.6 is 0 Å². The Bertz CT molecular complexity index is 622. The van der Waals surface area contributed by atoms with Crippen molar-refractivity contribution in [2.45, 2.75) is 27.7 Å². The molecular formula is C18H24N2O3. The number of nitrogens with zero attached hydrogens (tertiary/aromatic N) is 1. The lowest BCUT2D eigenvalue weighted by molar-refractivity contribution is -0.384. The summed E-state index contributed by atoms with van der Waals surface area (Å²) in [4.78, 5) is 10.2. The molecular weight excluding hydrogens is 292 g/mol. The van der Waals surface area contributed by atoms with Crippen LogP contribution in [0.1, 0.15) is 38.8 Å². The third-order valence-corrected chi connectivity index (χ3v) is 2.72. The number of ether oxygens (including phenoxy) is 1. The van der Waals surface area contributed by atoms with E-state index in [9.17, 15) is 10.1 Å². The number of nitro benzene ring substituents is 1. The van der Waals surface area contributed by atoms with Crippen LogP contribution in [0.4, 0.5) is 5.69 Å².